The Kier molecular flexibility index (Phi) is 3.97. The fourth-order valence-electron chi connectivity index (χ4n) is 2.41. The lowest BCUT2D eigenvalue weighted by molar-refractivity contribution is -0.138. The Balaban J connectivity index is 2.26. The average molecular weight is 289 g/mol. The second kappa shape index (κ2) is 5.26. The van der Waals surface area contributed by atoms with E-state index in [2.05, 4.69) is 0 Å². The molecule has 0 unspecified atom stereocenters. The van der Waals surface area contributed by atoms with E-state index < -0.39 is 23.9 Å². The molecule has 0 radical (unpaired) electrons. The van der Waals surface area contributed by atoms with Crippen LogP contribution in [0.25, 0.3) is 0 Å². The Morgan fingerprint density at radius 2 is 1.85 bits per heavy atom. The largest absolute Gasteiger partial charge is 0.416 e. The highest BCUT2D eigenvalue weighted by atomic mass is 19.4. The smallest absolute Gasteiger partial charge is 0.392 e. The van der Waals surface area contributed by atoms with Crippen molar-refractivity contribution in [3.8, 4) is 0 Å². The molecule has 3 nitrogen and oxygen atoms in total. The van der Waals surface area contributed by atoms with E-state index in [0.717, 1.165) is 6.07 Å². The van der Waals surface area contributed by atoms with Crippen molar-refractivity contribution in [2.45, 2.75) is 38.1 Å². The maximum absolute atomic E-state index is 12.9. The van der Waals surface area contributed by atoms with Gasteiger partial charge in [-0.25, -0.2) is 0 Å². The highest BCUT2D eigenvalue weighted by Crippen LogP contribution is 2.35. The number of hydrogen-bond donors (Lipinski definition) is 2. The summed E-state index contributed by atoms with van der Waals surface area (Å²) in [6.07, 6.45) is -3.43. The fourth-order valence-corrected chi connectivity index (χ4v) is 2.41. The van der Waals surface area contributed by atoms with Crippen molar-refractivity contribution in [2.75, 3.05) is 18.0 Å². The van der Waals surface area contributed by atoms with E-state index in [0.29, 0.717) is 31.6 Å². The van der Waals surface area contributed by atoms with Crippen LogP contribution in [0.15, 0.2) is 18.2 Å². The van der Waals surface area contributed by atoms with Crippen LogP contribution in [-0.2, 0) is 12.8 Å². The van der Waals surface area contributed by atoms with Crippen molar-refractivity contribution < 1.29 is 23.4 Å². The number of halogens is 3. The highest BCUT2D eigenvalue weighted by molar-refractivity contribution is 5.52. The second-order valence-electron chi connectivity index (χ2n) is 5.48. The summed E-state index contributed by atoms with van der Waals surface area (Å²) in [6.45, 7) is 2.13. The van der Waals surface area contributed by atoms with Gasteiger partial charge in [0.1, 0.15) is 0 Å². The van der Waals surface area contributed by atoms with E-state index >= 15 is 0 Å². The summed E-state index contributed by atoms with van der Waals surface area (Å²) in [5.41, 5.74) is -1.18. The van der Waals surface area contributed by atoms with Crippen LogP contribution in [0.1, 0.15) is 30.9 Å². The quantitative estimate of drug-likeness (QED) is 0.879. The minimum Gasteiger partial charge on any atom is -0.392 e. The molecule has 6 heteroatoms. The van der Waals surface area contributed by atoms with Gasteiger partial charge in [0.05, 0.1) is 17.8 Å². The van der Waals surface area contributed by atoms with Gasteiger partial charge in [-0.15, -0.1) is 0 Å². The maximum atomic E-state index is 12.9. The van der Waals surface area contributed by atoms with Crippen LogP contribution >= 0.6 is 0 Å². The second-order valence-corrected chi connectivity index (χ2v) is 5.48. The fraction of sp³-hybridized carbons (Fsp3) is 0.571. The number of rotatable bonds is 2. The molecule has 1 heterocycles. The maximum Gasteiger partial charge on any atom is 0.416 e. The molecule has 1 aliphatic heterocycles. The van der Waals surface area contributed by atoms with Gasteiger partial charge in [0, 0.05) is 18.8 Å². The molecule has 1 aliphatic rings. The monoisotopic (exact) mass is 289 g/mol. The molecule has 112 valence electrons. The predicted octanol–water partition coefficient (Wildman–Crippen LogP) is 2.55. The summed E-state index contributed by atoms with van der Waals surface area (Å²) in [4.78, 5) is 1.83. The van der Waals surface area contributed by atoms with Gasteiger partial charge in [0.15, 0.2) is 0 Å². The Morgan fingerprint density at radius 3 is 2.35 bits per heavy atom. The Bertz CT molecular complexity index is 476. The van der Waals surface area contributed by atoms with E-state index in [-0.39, 0.29) is 5.56 Å². The molecule has 0 atom stereocenters. The normalized spacial score (nSPS) is 19.2. The molecule has 2 rings (SSSR count). The van der Waals surface area contributed by atoms with Crippen molar-refractivity contribution in [3.05, 3.63) is 29.3 Å². The summed E-state index contributed by atoms with van der Waals surface area (Å²) in [7, 11) is 0. The number of hydrogen-bond acceptors (Lipinski definition) is 3. The summed E-state index contributed by atoms with van der Waals surface area (Å²) >= 11 is 0. The number of nitrogens with zero attached hydrogens (tertiary/aromatic N) is 1. The van der Waals surface area contributed by atoms with Gasteiger partial charge >= 0.3 is 6.18 Å². The molecule has 0 aliphatic carbocycles. The van der Waals surface area contributed by atoms with Gasteiger partial charge in [-0.1, -0.05) is 6.07 Å². The molecule has 0 spiro atoms. The van der Waals surface area contributed by atoms with Crippen LogP contribution in [0.4, 0.5) is 18.9 Å². The molecule has 2 N–H and O–H groups in total. The molecular formula is C14H18F3NO2. The van der Waals surface area contributed by atoms with Crippen LogP contribution in [0.2, 0.25) is 0 Å². The third kappa shape index (κ3) is 3.24. The summed E-state index contributed by atoms with van der Waals surface area (Å²) < 4.78 is 38.8. The van der Waals surface area contributed by atoms with E-state index in [1.165, 1.54) is 6.07 Å². The third-order valence-corrected chi connectivity index (χ3v) is 3.77. The van der Waals surface area contributed by atoms with E-state index in [1.54, 1.807) is 13.0 Å². The van der Waals surface area contributed by atoms with Crippen molar-refractivity contribution in [2.24, 2.45) is 0 Å². The Hall–Kier alpha value is -1.27. The van der Waals surface area contributed by atoms with Crippen LogP contribution in [0.3, 0.4) is 0 Å². The van der Waals surface area contributed by atoms with Crippen LogP contribution in [0, 0.1) is 0 Å². The predicted molar refractivity (Wildman–Crippen MR) is 69.4 cm³/mol. The van der Waals surface area contributed by atoms with Gasteiger partial charge < -0.3 is 15.1 Å². The van der Waals surface area contributed by atoms with Gasteiger partial charge in [-0.2, -0.15) is 13.2 Å². The first-order chi connectivity index (χ1) is 9.23. The van der Waals surface area contributed by atoms with E-state index in [9.17, 15) is 18.3 Å². The molecule has 20 heavy (non-hydrogen) atoms. The van der Waals surface area contributed by atoms with Gasteiger partial charge in [-0.05, 0) is 37.5 Å². The topological polar surface area (TPSA) is 43.7 Å². The lowest BCUT2D eigenvalue weighted by Gasteiger charge is -2.37. The number of aliphatic hydroxyl groups excluding tert-OH is 1. The van der Waals surface area contributed by atoms with Gasteiger partial charge in [-0.3, -0.25) is 0 Å². The zero-order chi connectivity index (χ0) is 15.0. The third-order valence-electron chi connectivity index (χ3n) is 3.77. The van der Waals surface area contributed by atoms with E-state index in [4.69, 9.17) is 5.11 Å². The molecule has 1 saturated heterocycles. The van der Waals surface area contributed by atoms with Crippen molar-refractivity contribution in [3.63, 3.8) is 0 Å². The standard InChI is InChI=1S/C14H18F3NO2/c1-13(20)4-6-18(7-5-13)11-3-2-10(9-19)12(8-11)14(15,16)17/h2-3,8,19-20H,4-7,9H2,1H3. The highest BCUT2D eigenvalue weighted by Gasteiger charge is 2.34. The number of piperidine rings is 1. The van der Waals surface area contributed by atoms with E-state index in [1.807, 2.05) is 4.90 Å². The van der Waals surface area contributed by atoms with Crippen molar-refractivity contribution in [1.82, 2.24) is 0 Å². The number of aliphatic hydroxyl groups is 2. The number of alkyl halides is 3. The van der Waals surface area contributed by atoms with Crippen LogP contribution in [0.5, 0.6) is 0 Å². The first kappa shape index (κ1) is 15.1. The molecular weight excluding hydrogens is 271 g/mol. The molecule has 0 bridgehead atoms. The minimum absolute atomic E-state index is 0.120. The summed E-state index contributed by atoms with van der Waals surface area (Å²) in [5, 5.41) is 18.9. The number of anilines is 1. The number of benzene rings is 1. The SMILES string of the molecule is CC1(O)CCN(c2ccc(CO)c(C(F)(F)F)c2)CC1. The lowest BCUT2D eigenvalue weighted by atomic mass is 9.93. The van der Waals surface area contributed by atoms with Crippen LogP contribution < -0.4 is 4.90 Å². The minimum atomic E-state index is -4.48. The molecule has 1 aromatic carbocycles. The zero-order valence-corrected chi connectivity index (χ0v) is 11.2. The Labute approximate surface area is 115 Å². The Morgan fingerprint density at radius 1 is 1.25 bits per heavy atom. The first-order valence-electron chi connectivity index (χ1n) is 6.51. The zero-order valence-electron chi connectivity index (χ0n) is 11.2. The molecule has 0 aromatic heterocycles. The lowest BCUT2D eigenvalue weighted by Crippen LogP contribution is -2.42. The molecule has 0 amide bonds. The van der Waals surface area contributed by atoms with Gasteiger partial charge in [0.2, 0.25) is 0 Å². The summed E-state index contributed by atoms with van der Waals surface area (Å²) in [5.74, 6) is 0. The van der Waals surface area contributed by atoms with Gasteiger partial charge in [0.25, 0.3) is 0 Å². The van der Waals surface area contributed by atoms with Crippen molar-refractivity contribution >= 4 is 5.69 Å². The average Bonchev–Trinajstić information content (AvgIpc) is 2.37. The first-order valence-corrected chi connectivity index (χ1v) is 6.51. The molecule has 0 saturated carbocycles. The molecule has 1 aromatic rings. The summed E-state index contributed by atoms with van der Waals surface area (Å²) in [6, 6.07) is 3.97. The van der Waals surface area contributed by atoms with Crippen LogP contribution in [-0.4, -0.2) is 28.9 Å². The molecule has 1 fully saturated rings. The van der Waals surface area contributed by atoms with Crippen molar-refractivity contribution in [1.29, 1.82) is 0 Å².